The predicted molar refractivity (Wildman–Crippen MR) is 123 cm³/mol. The third kappa shape index (κ3) is 4.80. The Labute approximate surface area is 197 Å². The average molecular weight is 516 g/mol. The number of amides is 1. The van der Waals surface area contributed by atoms with Gasteiger partial charge >= 0.3 is 0 Å². The summed E-state index contributed by atoms with van der Waals surface area (Å²) in [6.45, 7) is 1.61. The summed E-state index contributed by atoms with van der Waals surface area (Å²) in [6, 6.07) is 6.94. The van der Waals surface area contributed by atoms with Crippen LogP contribution in [0.2, 0.25) is 10.0 Å². The molecule has 0 atom stereocenters. The molecule has 8 nitrogen and oxygen atoms in total. The van der Waals surface area contributed by atoms with Crippen molar-refractivity contribution in [2.24, 2.45) is 0 Å². The third-order valence-electron chi connectivity index (χ3n) is 4.77. The van der Waals surface area contributed by atoms with E-state index >= 15 is 0 Å². The first-order valence-electron chi connectivity index (χ1n) is 9.39. The van der Waals surface area contributed by atoms with Gasteiger partial charge in [0.2, 0.25) is 4.34 Å². The zero-order valence-corrected chi connectivity index (χ0v) is 19.5. The Balaban J connectivity index is 1.58. The van der Waals surface area contributed by atoms with Crippen molar-refractivity contribution in [2.45, 2.75) is 17.2 Å². The first kappa shape index (κ1) is 22.7. The van der Waals surface area contributed by atoms with Gasteiger partial charge in [-0.2, -0.15) is 12.8 Å². The van der Waals surface area contributed by atoms with Crippen LogP contribution in [-0.4, -0.2) is 36.8 Å². The van der Waals surface area contributed by atoms with Crippen molar-refractivity contribution in [1.82, 2.24) is 9.36 Å². The van der Waals surface area contributed by atoms with Crippen molar-refractivity contribution in [1.29, 1.82) is 0 Å². The van der Waals surface area contributed by atoms with Crippen molar-refractivity contribution < 1.29 is 17.6 Å². The molecule has 1 aliphatic heterocycles. The van der Waals surface area contributed by atoms with Crippen LogP contribution < -0.4 is 14.9 Å². The highest BCUT2D eigenvalue weighted by atomic mass is 35.5. The maximum Gasteiger partial charge on any atom is 0.290 e. The van der Waals surface area contributed by atoms with Gasteiger partial charge in [-0.1, -0.05) is 23.2 Å². The summed E-state index contributed by atoms with van der Waals surface area (Å²) < 4.78 is 44.6. The number of carbonyl (C=O) groups excluding carboxylic acids is 1. The second-order valence-corrected chi connectivity index (χ2v) is 10.4. The molecule has 1 aliphatic rings. The van der Waals surface area contributed by atoms with Gasteiger partial charge in [0.05, 0.1) is 27.6 Å². The van der Waals surface area contributed by atoms with E-state index in [-0.39, 0.29) is 20.7 Å². The minimum Gasteiger partial charge on any atom is -0.371 e. The highest BCUT2D eigenvalue weighted by molar-refractivity contribution is 7.94. The van der Waals surface area contributed by atoms with Gasteiger partial charge in [-0.25, -0.2) is 9.37 Å². The maximum absolute atomic E-state index is 14.6. The van der Waals surface area contributed by atoms with Crippen LogP contribution in [0.15, 0.2) is 41.0 Å². The summed E-state index contributed by atoms with van der Waals surface area (Å²) in [5.74, 6) is -1.42. The van der Waals surface area contributed by atoms with E-state index < -0.39 is 21.7 Å². The highest BCUT2D eigenvalue weighted by Gasteiger charge is 2.23. The lowest BCUT2D eigenvalue weighted by Crippen LogP contribution is -2.23. The number of carbonyl (C=O) groups is 1. The van der Waals surface area contributed by atoms with Crippen LogP contribution in [0.25, 0.3) is 0 Å². The van der Waals surface area contributed by atoms with Crippen LogP contribution in [0.1, 0.15) is 23.2 Å². The molecule has 4 rings (SSSR count). The molecule has 2 N–H and O–H groups in total. The van der Waals surface area contributed by atoms with Crippen LogP contribution in [0.4, 0.5) is 21.5 Å². The number of nitrogens with zero attached hydrogens (tertiary/aromatic N) is 3. The van der Waals surface area contributed by atoms with Gasteiger partial charge in [0, 0.05) is 24.2 Å². The number of anilines is 3. The van der Waals surface area contributed by atoms with Crippen LogP contribution in [0.5, 0.6) is 0 Å². The minimum atomic E-state index is -4.12. The molecule has 3 aromatic rings. The van der Waals surface area contributed by atoms with Gasteiger partial charge in [0.15, 0.2) is 0 Å². The molecule has 0 spiro atoms. The molecule has 0 unspecified atom stereocenters. The van der Waals surface area contributed by atoms with Gasteiger partial charge in [0.1, 0.15) is 12.1 Å². The number of hydrogen-bond donors (Lipinski definition) is 2. The maximum atomic E-state index is 14.6. The molecule has 0 aliphatic carbocycles. The standard InChI is InChI=1S/C19H16Cl2FN5O3S2/c20-11-3-4-12(17(7-11)27-5-1-2-6-27)18(28)25-15-9-14(22)16(8-13(15)21)26-32(29,30)19-23-10-24-31-19/h3-4,7-10,26H,1-2,5-6H2,(H,25,28). The zero-order valence-electron chi connectivity index (χ0n) is 16.3. The second kappa shape index (κ2) is 9.18. The molecular formula is C19H16Cl2FN5O3S2. The van der Waals surface area contributed by atoms with Gasteiger partial charge in [-0.05, 0) is 48.6 Å². The topological polar surface area (TPSA) is 104 Å². The van der Waals surface area contributed by atoms with Crippen LogP contribution in [0.3, 0.4) is 0 Å². The smallest absolute Gasteiger partial charge is 0.290 e. The monoisotopic (exact) mass is 515 g/mol. The number of benzene rings is 2. The summed E-state index contributed by atoms with van der Waals surface area (Å²) in [6.07, 6.45) is 3.10. The van der Waals surface area contributed by atoms with Crippen LogP contribution >= 0.6 is 34.7 Å². The second-order valence-electron chi connectivity index (χ2n) is 6.93. The fraction of sp³-hybridized carbons (Fsp3) is 0.211. The summed E-state index contributed by atoms with van der Waals surface area (Å²) >= 11 is 13.0. The molecule has 1 amide bonds. The number of sulfonamides is 1. The molecule has 168 valence electrons. The van der Waals surface area contributed by atoms with Gasteiger partial charge in [-0.15, -0.1) is 0 Å². The summed E-state index contributed by atoms with van der Waals surface area (Å²) in [7, 11) is -4.12. The van der Waals surface area contributed by atoms with E-state index in [9.17, 15) is 17.6 Å². The summed E-state index contributed by atoms with van der Waals surface area (Å²) in [4.78, 5) is 18.6. The van der Waals surface area contributed by atoms with Crippen molar-refractivity contribution in [3.8, 4) is 0 Å². The first-order valence-corrected chi connectivity index (χ1v) is 12.4. The summed E-state index contributed by atoms with van der Waals surface area (Å²) in [5, 5.41) is 3.04. The zero-order chi connectivity index (χ0) is 22.9. The Morgan fingerprint density at radius 2 is 1.88 bits per heavy atom. The predicted octanol–water partition coefficient (Wildman–Crippen LogP) is 4.64. The lowest BCUT2D eigenvalue weighted by molar-refractivity contribution is 0.102. The molecule has 32 heavy (non-hydrogen) atoms. The molecule has 1 saturated heterocycles. The quantitative estimate of drug-likeness (QED) is 0.495. The van der Waals surface area contributed by atoms with Gasteiger partial charge in [0.25, 0.3) is 15.9 Å². The molecular weight excluding hydrogens is 500 g/mol. The fourth-order valence-corrected chi connectivity index (χ4v) is 5.32. The van der Waals surface area contributed by atoms with E-state index in [1.807, 2.05) is 0 Å². The molecule has 0 bridgehead atoms. The fourth-order valence-electron chi connectivity index (χ4n) is 3.30. The summed E-state index contributed by atoms with van der Waals surface area (Å²) in [5.41, 5.74) is 0.669. The molecule has 13 heteroatoms. The highest BCUT2D eigenvalue weighted by Crippen LogP contribution is 2.32. The Morgan fingerprint density at radius 1 is 1.12 bits per heavy atom. The number of halogens is 3. The molecule has 1 fully saturated rings. The van der Waals surface area contributed by atoms with Crippen molar-refractivity contribution in [2.75, 3.05) is 28.0 Å². The number of aromatic nitrogens is 2. The van der Waals surface area contributed by atoms with Crippen LogP contribution in [0, 0.1) is 5.82 Å². The number of rotatable bonds is 6. The normalized spacial score (nSPS) is 13.9. The van der Waals surface area contributed by atoms with Crippen molar-refractivity contribution in [3.05, 3.63) is 58.1 Å². The molecule has 0 saturated carbocycles. The Bertz CT molecular complexity index is 1270. The first-order chi connectivity index (χ1) is 15.2. The number of nitrogens with one attached hydrogen (secondary N) is 2. The van der Waals surface area contributed by atoms with E-state index in [1.54, 1.807) is 18.2 Å². The number of hydrogen-bond acceptors (Lipinski definition) is 7. The van der Waals surface area contributed by atoms with E-state index in [4.69, 9.17) is 23.2 Å². The van der Waals surface area contributed by atoms with E-state index in [0.717, 1.165) is 44.4 Å². The Hall–Kier alpha value is -2.47. The Kier molecular flexibility index (Phi) is 6.52. The van der Waals surface area contributed by atoms with Crippen LogP contribution in [-0.2, 0) is 10.0 Å². The molecule has 1 aromatic heterocycles. The third-order valence-corrected chi connectivity index (χ3v) is 7.72. The van der Waals surface area contributed by atoms with Crippen molar-refractivity contribution in [3.63, 3.8) is 0 Å². The van der Waals surface area contributed by atoms with E-state index in [0.29, 0.717) is 27.8 Å². The lowest BCUT2D eigenvalue weighted by Gasteiger charge is -2.21. The Morgan fingerprint density at radius 3 is 2.56 bits per heavy atom. The largest absolute Gasteiger partial charge is 0.371 e. The van der Waals surface area contributed by atoms with Gasteiger partial charge < -0.3 is 10.2 Å². The SMILES string of the molecule is O=C(Nc1cc(F)c(NS(=O)(=O)c2ncns2)cc1Cl)c1ccc(Cl)cc1N1CCCC1. The minimum absolute atomic E-state index is 0.00430. The van der Waals surface area contributed by atoms with Gasteiger partial charge in [-0.3, -0.25) is 9.52 Å². The molecule has 0 radical (unpaired) electrons. The van der Waals surface area contributed by atoms with Crippen molar-refractivity contribution >= 4 is 67.7 Å². The van der Waals surface area contributed by atoms with E-state index in [2.05, 4.69) is 24.3 Å². The molecule has 2 aromatic carbocycles. The average Bonchev–Trinajstić information content (AvgIpc) is 3.45. The van der Waals surface area contributed by atoms with E-state index in [1.165, 1.54) is 0 Å². The molecule has 2 heterocycles. The lowest BCUT2D eigenvalue weighted by atomic mass is 10.1.